The van der Waals surface area contributed by atoms with Crippen molar-refractivity contribution in [3.63, 3.8) is 0 Å². The monoisotopic (exact) mass is 487 g/mol. The second-order valence-electron chi connectivity index (χ2n) is 7.45. The van der Waals surface area contributed by atoms with Crippen LogP contribution in [0.5, 0.6) is 5.75 Å². The highest BCUT2D eigenvalue weighted by molar-refractivity contribution is 7.99. The number of carbonyl (C=O) groups is 1. The molecule has 0 fully saturated rings. The van der Waals surface area contributed by atoms with Crippen molar-refractivity contribution in [2.24, 2.45) is 0 Å². The normalized spacial score (nSPS) is 11.3. The van der Waals surface area contributed by atoms with Gasteiger partial charge in [-0.15, -0.1) is 11.8 Å². The van der Waals surface area contributed by atoms with Crippen LogP contribution in [0.2, 0.25) is 5.02 Å². The lowest BCUT2D eigenvalue weighted by molar-refractivity contribution is -0.112. The molecule has 0 aliphatic heterocycles. The van der Waals surface area contributed by atoms with Gasteiger partial charge in [-0.3, -0.25) is 4.79 Å². The Labute approximate surface area is 207 Å². The number of fused-ring (bicyclic) bond motifs is 1. The van der Waals surface area contributed by atoms with Crippen LogP contribution in [0.3, 0.4) is 0 Å². The summed E-state index contributed by atoms with van der Waals surface area (Å²) in [5.41, 5.74) is 2.47. The molecule has 0 atom stereocenters. The summed E-state index contributed by atoms with van der Waals surface area (Å²) in [5, 5.41) is 14.2. The lowest BCUT2D eigenvalue weighted by Gasteiger charge is -2.06. The molecule has 34 heavy (non-hydrogen) atoms. The fourth-order valence-electron chi connectivity index (χ4n) is 3.57. The van der Waals surface area contributed by atoms with E-state index in [0.717, 1.165) is 38.7 Å². The number of amides is 1. The van der Waals surface area contributed by atoms with Crippen LogP contribution in [0.25, 0.3) is 17.0 Å². The molecule has 0 radical (unpaired) electrons. The van der Waals surface area contributed by atoms with Crippen LogP contribution in [-0.4, -0.2) is 23.3 Å². The molecule has 1 N–H and O–H groups in total. The molecular weight excluding hydrogens is 466 g/mol. The topological polar surface area (TPSA) is 67.0 Å². The zero-order valence-corrected chi connectivity index (χ0v) is 20.1. The van der Waals surface area contributed by atoms with Gasteiger partial charge in [0, 0.05) is 56.6 Å². The summed E-state index contributed by atoms with van der Waals surface area (Å²) in [7, 11) is 1.56. The number of nitrogens with zero attached hydrogens (tertiary/aromatic N) is 2. The molecule has 0 saturated carbocycles. The van der Waals surface area contributed by atoms with Gasteiger partial charge in [-0.1, -0.05) is 35.9 Å². The standard InChI is InChI=1S/C27H22ClN3O2S/c1-33-23-6-4-5-22(16-23)30-27(32)19(17-29)15-20-18-31(26-8-3-2-7-25(20)26)13-14-34-24-11-9-21(28)10-12-24/h2-12,15-16,18H,13-14H2,1H3,(H,30,32)/b19-15-. The third-order valence-electron chi connectivity index (χ3n) is 5.23. The Balaban J connectivity index is 1.54. The molecule has 1 aromatic heterocycles. The van der Waals surface area contributed by atoms with Crippen molar-refractivity contribution in [3.05, 3.63) is 95.2 Å². The molecule has 170 valence electrons. The van der Waals surface area contributed by atoms with E-state index in [1.54, 1.807) is 49.2 Å². The van der Waals surface area contributed by atoms with Gasteiger partial charge in [-0.25, -0.2) is 0 Å². The molecule has 4 rings (SSSR count). The van der Waals surface area contributed by atoms with Gasteiger partial charge >= 0.3 is 0 Å². The SMILES string of the molecule is COc1cccc(NC(=O)/C(C#N)=C\c2cn(CCSc3ccc(Cl)cc3)c3ccccc23)c1. The number of hydrogen-bond donors (Lipinski definition) is 1. The number of nitriles is 1. The number of anilines is 1. The van der Waals surface area contributed by atoms with E-state index in [9.17, 15) is 10.1 Å². The van der Waals surface area contributed by atoms with Crippen molar-refractivity contribution in [3.8, 4) is 11.8 Å². The van der Waals surface area contributed by atoms with Crippen LogP contribution in [0.15, 0.2) is 89.5 Å². The van der Waals surface area contributed by atoms with E-state index in [1.165, 1.54) is 0 Å². The smallest absolute Gasteiger partial charge is 0.266 e. The zero-order chi connectivity index (χ0) is 23.9. The fourth-order valence-corrected chi connectivity index (χ4v) is 4.55. The lowest BCUT2D eigenvalue weighted by atomic mass is 10.1. The molecule has 0 bridgehead atoms. The number of benzene rings is 3. The Morgan fingerprint density at radius 3 is 2.71 bits per heavy atom. The number of ether oxygens (including phenoxy) is 1. The van der Waals surface area contributed by atoms with Gasteiger partial charge in [0.15, 0.2) is 0 Å². The molecule has 0 aliphatic rings. The van der Waals surface area contributed by atoms with Gasteiger partial charge in [-0.2, -0.15) is 5.26 Å². The average Bonchev–Trinajstić information content (AvgIpc) is 3.21. The van der Waals surface area contributed by atoms with Crippen LogP contribution in [0.4, 0.5) is 5.69 Å². The number of halogens is 1. The number of methoxy groups -OCH3 is 1. The first-order chi connectivity index (χ1) is 16.6. The minimum absolute atomic E-state index is 0.0289. The molecular formula is C27H22ClN3O2S. The van der Waals surface area contributed by atoms with Gasteiger partial charge in [0.25, 0.3) is 5.91 Å². The Bertz CT molecular complexity index is 1390. The second kappa shape index (κ2) is 11.0. The maximum Gasteiger partial charge on any atom is 0.266 e. The summed E-state index contributed by atoms with van der Waals surface area (Å²) in [6.07, 6.45) is 3.63. The Morgan fingerprint density at radius 2 is 1.94 bits per heavy atom. The highest BCUT2D eigenvalue weighted by atomic mass is 35.5. The first-order valence-corrected chi connectivity index (χ1v) is 12.0. The summed E-state index contributed by atoms with van der Waals surface area (Å²) in [4.78, 5) is 13.9. The number of nitrogens with one attached hydrogen (secondary N) is 1. The van der Waals surface area contributed by atoms with E-state index in [2.05, 4.69) is 9.88 Å². The van der Waals surface area contributed by atoms with Gasteiger partial charge in [0.05, 0.1) is 7.11 Å². The number of aromatic nitrogens is 1. The number of rotatable bonds is 8. The Kier molecular flexibility index (Phi) is 7.58. The van der Waals surface area contributed by atoms with Crippen molar-refractivity contribution in [2.75, 3.05) is 18.2 Å². The molecule has 0 spiro atoms. The van der Waals surface area contributed by atoms with Gasteiger partial charge in [-0.05, 0) is 48.5 Å². The molecule has 7 heteroatoms. The first-order valence-electron chi connectivity index (χ1n) is 10.6. The van der Waals surface area contributed by atoms with E-state index in [0.29, 0.717) is 11.4 Å². The van der Waals surface area contributed by atoms with E-state index in [1.807, 2.05) is 60.8 Å². The Hall–Kier alpha value is -3.66. The van der Waals surface area contributed by atoms with E-state index >= 15 is 0 Å². The minimum Gasteiger partial charge on any atom is -0.497 e. The largest absolute Gasteiger partial charge is 0.497 e. The summed E-state index contributed by atoms with van der Waals surface area (Å²) < 4.78 is 7.35. The third kappa shape index (κ3) is 5.63. The van der Waals surface area contributed by atoms with Crippen molar-refractivity contribution in [1.29, 1.82) is 5.26 Å². The van der Waals surface area contributed by atoms with Crippen molar-refractivity contribution in [1.82, 2.24) is 4.57 Å². The number of hydrogen-bond acceptors (Lipinski definition) is 4. The molecule has 3 aromatic carbocycles. The number of thioether (sulfide) groups is 1. The molecule has 1 heterocycles. The van der Waals surface area contributed by atoms with Gasteiger partial charge in [0.2, 0.25) is 0 Å². The maximum atomic E-state index is 12.8. The quantitative estimate of drug-likeness (QED) is 0.172. The van der Waals surface area contributed by atoms with Crippen molar-refractivity contribution >= 4 is 51.9 Å². The van der Waals surface area contributed by atoms with E-state index in [-0.39, 0.29) is 5.57 Å². The molecule has 5 nitrogen and oxygen atoms in total. The molecule has 0 aliphatic carbocycles. The molecule has 0 saturated heterocycles. The van der Waals surface area contributed by atoms with Gasteiger partial charge < -0.3 is 14.6 Å². The summed E-state index contributed by atoms with van der Waals surface area (Å²) in [5.74, 6) is 1.02. The van der Waals surface area contributed by atoms with Crippen molar-refractivity contribution in [2.45, 2.75) is 11.4 Å². The minimum atomic E-state index is -0.467. The number of aryl methyl sites for hydroxylation is 1. The van der Waals surface area contributed by atoms with Crippen molar-refractivity contribution < 1.29 is 9.53 Å². The zero-order valence-electron chi connectivity index (χ0n) is 18.5. The first kappa shape index (κ1) is 23.5. The van der Waals surface area contributed by atoms with Crippen LogP contribution in [0, 0.1) is 11.3 Å². The lowest BCUT2D eigenvalue weighted by Crippen LogP contribution is -2.13. The van der Waals surface area contributed by atoms with Crippen LogP contribution >= 0.6 is 23.4 Å². The third-order valence-corrected chi connectivity index (χ3v) is 6.47. The Morgan fingerprint density at radius 1 is 1.15 bits per heavy atom. The number of para-hydroxylation sites is 1. The van der Waals surface area contributed by atoms with Crippen LogP contribution < -0.4 is 10.1 Å². The van der Waals surface area contributed by atoms with E-state index < -0.39 is 5.91 Å². The van der Waals surface area contributed by atoms with Crippen LogP contribution in [-0.2, 0) is 11.3 Å². The highest BCUT2D eigenvalue weighted by Gasteiger charge is 2.13. The molecule has 4 aromatic rings. The van der Waals surface area contributed by atoms with Crippen LogP contribution in [0.1, 0.15) is 5.56 Å². The predicted molar refractivity (Wildman–Crippen MR) is 139 cm³/mol. The second-order valence-corrected chi connectivity index (χ2v) is 9.06. The molecule has 1 amide bonds. The summed E-state index contributed by atoms with van der Waals surface area (Å²) in [6.45, 7) is 0.777. The predicted octanol–water partition coefficient (Wildman–Crippen LogP) is 6.64. The van der Waals surface area contributed by atoms with E-state index in [4.69, 9.17) is 16.3 Å². The number of carbonyl (C=O) groups excluding carboxylic acids is 1. The fraction of sp³-hybridized carbons (Fsp3) is 0.111. The molecule has 0 unspecified atom stereocenters. The highest BCUT2D eigenvalue weighted by Crippen LogP contribution is 2.26. The average molecular weight is 488 g/mol. The maximum absolute atomic E-state index is 12.8. The summed E-state index contributed by atoms with van der Waals surface area (Å²) >= 11 is 7.72. The van der Waals surface area contributed by atoms with Gasteiger partial charge in [0.1, 0.15) is 17.4 Å². The summed E-state index contributed by atoms with van der Waals surface area (Å²) in [6, 6.07) is 24.8.